The number of pyridine rings is 1. The molecule has 170 valence electrons. The summed E-state index contributed by atoms with van der Waals surface area (Å²) in [6.07, 6.45) is 1.87. The van der Waals surface area contributed by atoms with E-state index in [1.54, 1.807) is 18.2 Å². The Hall–Kier alpha value is -0.430. The van der Waals surface area contributed by atoms with Gasteiger partial charge in [-0.2, -0.15) is 0 Å². The maximum atomic E-state index is 13.1. The number of halogens is 5. The summed E-state index contributed by atoms with van der Waals surface area (Å²) in [6, 6.07) is 5.35. The summed E-state index contributed by atoms with van der Waals surface area (Å²) in [6.45, 7) is 5.81. The van der Waals surface area contributed by atoms with Crippen molar-refractivity contribution in [1.82, 2.24) is 14.8 Å². The Morgan fingerprint density at radius 1 is 1.23 bits per heavy atom. The summed E-state index contributed by atoms with van der Waals surface area (Å²) in [5, 5.41) is 2.98. The van der Waals surface area contributed by atoms with E-state index in [-0.39, 0.29) is 45.0 Å². The van der Waals surface area contributed by atoms with Crippen LogP contribution in [0.4, 0.5) is 0 Å². The zero-order valence-electron chi connectivity index (χ0n) is 17.1. The van der Waals surface area contributed by atoms with Crippen molar-refractivity contribution in [2.75, 3.05) is 13.1 Å². The molecule has 1 aromatic rings. The van der Waals surface area contributed by atoms with Gasteiger partial charge in [-0.05, 0) is 35.8 Å². The first-order valence-electron chi connectivity index (χ1n) is 10.2. The average Bonchev–Trinajstić information content (AvgIpc) is 3.18. The van der Waals surface area contributed by atoms with E-state index in [0.29, 0.717) is 19.6 Å². The number of hydrogen-bond donors (Lipinski definition) is 1. The van der Waals surface area contributed by atoms with Gasteiger partial charge in [-0.15, -0.1) is 0 Å². The predicted octanol–water partition coefficient (Wildman–Crippen LogP) is 4.67. The molecule has 1 amide bonds. The van der Waals surface area contributed by atoms with Crippen molar-refractivity contribution in [1.29, 1.82) is 0 Å². The number of likely N-dealkylation sites (tertiary alicyclic amines) is 1. The van der Waals surface area contributed by atoms with Crippen LogP contribution in [0.15, 0.2) is 33.6 Å². The molecular weight excluding hydrogens is 504 g/mol. The second kappa shape index (κ2) is 8.41. The number of nitrogens with zero attached hydrogens (tertiary/aromatic N) is 2. The van der Waals surface area contributed by atoms with Crippen LogP contribution in [0.5, 0.6) is 0 Å². The molecule has 0 spiro atoms. The number of nitrogens with one attached hydrogen (secondary N) is 1. The fourth-order valence-electron chi connectivity index (χ4n) is 5.37. The van der Waals surface area contributed by atoms with Gasteiger partial charge >= 0.3 is 0 Å². The highest BCUT2D eigenvalue weighted by molar-refractivity contribution is 6.68. The second-order valence-corrected chi connectivity index (χ2v) is 12.8. The Bertz CT molecular complexity index is 966. The van der Waals surface area contributed by atoms with Gasteiger partial charge in [0.2, 0.25) is 9.70 Å². The average molecular weight is 528 g/mol. The zero-order chi connectivity index (χ0) is 22.7. The van der Waals surface area contributed by atoms with Gasteiger partial charge in [0, 0.05) is 37.3 Å². The molecule has 5 atom stereocenters. The molecule has 2 aliphatic heterocycles. The van der Waals surface area contributed by atoms with Gasteiger partial charge in [-0.3, -0.25) is 14.5 Å². The van der Waals surface area contributed by atoms with Crippen LogP contribution in [0.3, 0.4) is 0 Å². The van der Waals surface area contributed by atoms with E-state index in [9.17, 15) is 9.59 Å². The lowest BCUT2D eigenvalue weighted by Gasteiger charge is -2.47. The minimum Gasteiger partial charge on any atom is -0.336 e. The van der Waals surface area contributed by atoms with Gasteiger partial charge in [0.05, 0.1) is 5.92 Å². The highest BCUT2D eigenvalue weighted by Gasteiger charge is 2.61. The number of aromatic nitrogens is 1. The summed E-state index contributed by atoms with van der Waals surface area (Å²) < 4.78 is 0.272. The summed E-state index contributed by atoms with van der Waals surface area (Å²) in [5.74, 6) is -0.201. The van der Waals surface area contributed by atoms with E-state index in [0.717, 1.165) is 12.1 Å². The Labute approximate surface area is 206 Å². The molecule has 0 radical (unpaired) electrons. The minimum atomic E-state index is -1.72. The first-order valence-corrected chi connectivity index (χ1v) is 12.1. The molecule has 10 heteroatoms. The van der Waals surface area contributed by atoms with Crippen LogP contribution in [0.1, 0.15) is 31.9 Å². The summed E-state index contributed by atoms with van der Waals surface area (Å²) >= 11 is 30.7. The topological polar surface area (TPSA) is 54.3 Å². The van der Waals surface area contributed by atoms with Gasteiger partial charge in [0.15, 0.2) is 0 Å². The molecule has 4 rings (SSSR count). The van der Waals surface area contributed by atoms with Crippen LogP contribution in [-0.2, 0) is 11.3 Å². The molecule has 31 heavy (non-hydrogen) atoms. The minimum absolute atomic E-state index is 0.0138. The Morgan fingerprint density at radius 3 is 2.58 bits per heavy atom. The van der Waals surface area contributed by atoms with E-state index in [2.05, 4.69) is 5.32 Å². The molecule has 0 aromatic carbocycles. The first kappa shape index (κ1) is 23.7. The van der Waals surface area contributed by atoms with Crippen LogP contribution in [-0.4, -0.2) is 38.4 Å². The van der Waals surface area contributed by atoms with E-state index in [1.807, 2.05) is 29.4 Å². The Balaban J connectivity index is 1.54. The van der Waals surface area contributed by atoms with Crippen LogP contribution in [0.2, 0.25) is 0 Å². The molecule has 1 aliphatic carbocycles. The summed E-state index contributed by atoms with van der Waals surface area (Å²) in [7, 11) is 0. The summed E-state index contributed by atoms with van der Waals surface area (Å²) in [4.78, 5) is 27.4. The van der Waals surface area contributed by atoms with Gasteiger partial charge in [0.1, 0.15) is 10.7 Å². The molecule has 1 N–H and O–H groups in total. The lowest BCUT2D eigenvalue weighted by Crippen LogP contribution is -2.60. The van der Waals surface area contributed by atoms with Gasteiger partial charge < -0.3 is 9.88 Å². The molecule has 1 aromatic heterocycles. The largest absolute Gasteiger partial charge is 0.336 e. The SMILES string of the molecule is CC1(C)C(C=C(Cl)Cl)C1C(=O)NC(N1C[C@@H]2C[C@H](C1)c1cccc(=O)n1C2)C(Cl)(Cl)Cl. The molecule has 2 fully saturated rings. The van der Waals surface area contributed by atoms with Gasteiger partial charge in [-0.25, -0.2) is 0 Å². The Morgan fingerprint density at radius 2 is 1.94 bits per heavy atom. The third-order valence-electron chi connectivity index (χ3n) is 6.96. The smallest absolute Gasteiger partial charge is 0.250 e. The van der Waals surface area contributed by atoms with Crippen LogP contribution in [0, 0.1) is 23.2 Å². The third-order valence-corrected chi connectivity index (χ3v) is 7.83. The molecule has 1 saturated heterocycles. The number of amides is 1. The standard InChI is InChI=1S/C21H24Cl5N3O2/c1-20(2)13(7-15(22)23)17(20)18(31)27-19(21(24,25)26)28-8-11-6-12(10-28)14-4-3-5-16(30)29(14)9-11/h3-5,7,11-13,17,19H,6,8-10H2,1-2H3,(H,27,31)/t11-,12+,13?,17?,19?/m0/s1. The van der Waals surface area contributed by atoms with Crippen molar-refractivity contribution in [2.45, 2.75) is 42.7 Å². The normalized spacial score (nSPS) is 30.2. The number of fused-ring (bicyclic) bond motifs is 4. The summed E-state index contributed by atoms with van der Waals surface area (Å²) in [5.41, 5.74) is 0.725. The number of piperidine rings is 1. The maximum Gasteiger partial charge on any atom is 0.250 e. The van der Waals surface area contributed by atoms with Crippen molar-refractivity contribution in [3.05, 3.63) is 44.8 Å². The highest BCUT2D eigenvalue weighted by atomic mass is 35.6. The maximum absolute atomic E-state index is 13.1. The monoisotopic (exact) mass is 525 g/mol. The van der Waals surface area contributed by atoms with Crippen molar-refractivity contribution in [2.24, 2.45) is 23.2 Å². The van der Waals surface area contributed by atoms with Gasteiger partial charge in [0.25, 0.3) is 5.56 Å². The fourth-order valence-corrected chi connectivity index (χ4v) is 6.22. The molecule has 5 nitrogen and oxygen atoms in total. The third kappa shape index (κ3) is 4.64. The second-order valence-electron chi connectivity index (χ2n) is 9.39. The number of carbonyl (C=O) groups excluding carboxylic acids is 1. The highest BCUT2D eigenvalue weighted by Crippen LogP contribution is 2.60. The zero-order valence-corrected chi connectivity index (χ0v) is 20.9. The Kier molecular flexibility index (Phi) is 6.44. The quantitative estimate of drug-likeness (QED) is 0.579. The molecular formula is C21H24Cl5N3O2. The van der Waals surface area contributed by atoms with E-state index in [4.69, 9.17) is 58.0 Å². The molecule has 3 aliphatic rings. The van der Waals surface area contributed by atoms with Crippen molar-refractivity contribution in [3.8, 4) is 0 Å². The van der Waals surface area contributed by atoms with Crippen molar-refractivity contribution < 1.29 is 4.79 Å². The van der Waals surface area contributed by atoms with E-state index >= 15 is 0 Å². The first-order chi connectivity index (χ1) is 14.4. The van der Waals surface area contributed by atoms with Crippen molar-refractivity contribution in [3.63, 3.8) is 0 Å². The van der Waals surface area contributed by atoms with E-state index < -0.39 is 9.96 Å². The van der Waals surface area contributed by atoms with Crippen LogP contribution in [0.25, 0.3) is 0 Å². The number of hydrogen-bond acceptors (Lipinski definition) is 3. The number of allylic oxidation sites excluding steroid dienone is 1. The van der Waals surface area contributed by atoms with E-state index in [1.165, 1.54) is 0 Å². The number of rotatable bonds is 4. The molecule has 2 bridgehead atoms. The molecule has 3 heterocycles. The number of carbonyl (C=O) groups is 1. The predicted molar refractivity (Wildman–Crippen MR) is 126 cm³/mol. The van der Waals surface area contributed by atoms with Crippen molar-refractivity contribution >= 4 is 63.9 Å². The van der Waals surface area contributed by atoms with Crippen LogP contribution >= 0.6 is 58.0 Å². The number of alkyl halides is 3. The fraction of sp³-hybridized carbons (Fsp3) is 0.619. The lowest BCUT2D eigenvalue weighted by molar-refractivity contribution is -0.125. The lowest BCUT2D eigenvalue weighted by atomic mass is 9.83. The molecule has 1 saturated carbocycles. The molecule has 3 unspecified atom stereocenters. The van der Waals surface area contributed by atoms with Gasteiger partial charge in [-0.1, -0.05) is 77.9 Å². The van der Waals surface area contributed by atoms with Crippen LogP contribution < -0.4 is 10.9 Å².